The van der Waals surface area contributed by atoms with Crippen LogP contribution in [0.3, 0.4) is 0 Å². The van der Waals surface area contributed by atoms with Crippen molar-refractivity contribution >= 4 is 11.7 Å². The first-order valence-corrected chi connectivity index (χ1v) is 21.8. The number of hydrogen-bond donors (Lipinski definition) is 0. The van der Waals surface area contributed by atoms with Crippen molar-refractivity contribution in [2.24, 2.45) is 46.3 Å². The highest BCUT2D eigenvalue weighted by Gasteiger charge is 2.59. The van der Waals surface area contributed by atoms with Crippen LogP contribution in [0.4, 0.5) is 5.69 Å². The van der Waals surface area contributed by atoms with Crippen LogP contribution in [0.15, 0.2) is 29.8 Å². The number of allylic oxidation sites excluding steroid dienone is 1. The fourth-order valence-corrected chi connectivity index (χ4v) is 11.7. The van der Waals surface area contributed by atoms with Gasteiger partial charge in [0.05, 0.1) is 17.1 Å². The van der Waals surface area contributed by atoms with Crippen molar-refractivity contribution in [3.63, 3.8) is 0 Å². The third-order valence-electron chi connectivity index (χ3n) is 14.7. The highest BCUT2D eigenvalue weighted by Crippen LogP contribution is 2.67. The lowest BCUT2D eigenvalue weighted by atomic mass is 9.47. The van der Waals surface area contributed by atoms with Crippen LogP contribution in [-0.4, -0.2) is 23.6 Å². The Hall–Kier alpha value is -2.37. The van der Waals surface area contributed by atoms with Gasteiger partial charge in [-0.05, 0) is 110 Å². The minimum atomic E-state index is -0.472. The highest BCUT2D eigenvalue weighted by molar-refractivity contribution is 5.90. The molecule has 0 spiro atoms. The molecule has 0 N–H and O–H groups in total. The van der Waals surface area contributed by atoms with Gasteiger partial charge in [0.25, 0.3) is 0 Å². The molecule has 0 unspecified atom stereocenters. The van der Waals surface area contributed by atoms with Gasteiger partial charge in [-0.25, -0.2) is 4.79 Å². The van der Waals surface area contributed by atoms with E-state index < -0.39 is 10.9 Å². The summed E-state index contributed by atoms with van der Waals surface area (Å²) in [6, 6.07) is 4.54. The average Bonchev–Trinajstić information content (AvgIpc) is 3.48. The van der Waals surface area contributed by atoms with Crippen LogP contribution in [0, 0.1) is 56.5 Å². The summed E-state index contributed by atoms with van der Waals surface area (Å²) in [6.45, 7) is 15.1. The van der Waals surface area contributed by atoms with E-state index in [1.807, 2.05) is 0 Å². The molecule has 1 aromatic rings. The quantitative estimate of drug-likeness (QED) is 0.0441. The number of carbonyl (C=O) groups excluding carboxylic acids is 1. The molecule has 6 heteroatoms. The number of hydrogen-bond acceptors (Lipinski definition) is 5. The minimum Gasteiger partial charge on any atom is -0.487 e. The van der Waals surface area contributed by atoms with E-state index in [-0.39, 0.29) is 28.5 Å². The van der Waals surface area contributed by atoms with Crippen LogP contribution < -0.4 is 4.74 Å². The Morgan fingerprint density at radius 1 is 0.885 bits per heavy atom. The number of fused-ring (bicyclic) bond motifs is 5. The molecular weight excluding hydrogens is 647 g/mol. The molecule has 3 saturated carbocycles. The second kappa shape index (κ2) is 18.8. The second-order valence-corrected chi connectivity index (χ2v) is 18.5. The molecule has 0 aromatic heterocycles. The average molecular weight is 720 g/mol. The number of ether oxygens (including phenoxy) is 2. The van der Waals surface area contributed by atoms with Crippen molar-refractivity contribution in [3.8, 4) is 5.75 Å². The molecule has 0 bridgehead atoms. The summed E-state index contributed by atoms with van der Waals surface area (Å²) in [5.74, 6) is 4.55. The third-order valence-corrected chi connectivity index (χ3v) is 14.7. The molecule has 0 saturated heterocycles. The zero-order valence-corrected chi connectivity index (χ0v) is 33.9. The summed E-state index contributed by atoms with van der Waals surface area (Å²) < 4.78 is 11.9. The van der Waals surface area contributed by atoms with E-state index in [2.05, 4.69) is 47.6 Å². The van der Waals surface area contributed by atoms with Crippen LogP contribution in [0.25, 0.3) is 0 Å². The van der Waals surface area contributed by atoms with Crippen LogP contribution in [-0.2, 0) is 4.74 Å². The van der Waals surface area contributed by atoms with Gasteiger partial charge >= 0.3 is 11.7 Å². The van der Waals surface area contributed by atoms with E-state index in [0.717, 1.165) is 68.1 Å². The molecule has 6 nitrogen and oxygen atoms in total. The van der Waals surface area contributed by atoms with E-state index in [1.165, 1.54) is 108 Å². The smallest absolute Gasteiger partial charge is 0.338 e. The Labute approximate surface area is 316 Å². The molecule has 0 aliphatic heterocycles. The van der Waals surface area contributed by atoms with Crippen molar-refractivity contribution < 1.29 is 19.2 Å². The Bertz CT molecular complexity index is 1350. The Kier molecular flexibility index (Phi) is 14.7. The lowest BCUT2D eigenvalue weighted by Gasteiger charge is -2.58. The molecule has 1 aromatic carbocycles. The summed E-state index contributed by atoms with van der Waals surface area (Å²) in [6.07, 6.45) is 28.0. The maximum Gasteiger partial charge on any atom is 0.338 e. The van der Waals surface area contributed by atoms with Crippen molar-refractivity contribution in [2.75, 3.05) is 6.61 Å². The molecule has 5 rings (SSSR count). The van der Waals surface area contributed by atoms with Gasteiger partial charge in [-0.15, -0.1) is 0 Å². The molecular formula is C46H73NO5. The van der Waals surface area contributed by atoms with Gasteiger partial charge in [0, 0.05) is 12.5 Å². The first-order chi connectivity index (χ1) is 25.0. The van der Waals surface area contributed by atoms with E-state index in [9.17, 15) is 14.9 Å². The molecule has 4 aliphatic carbocycles. The lowest BCUT2D eigenvalue weighted by Crippen LogP contribution is -2.51. The Balaban J connectivity index is 1.11. The fraction of sp³-hybridized carbons (Fsp3) is 0.804. The van der Waals surface area contributed by atoms with E-state index in [4.69, 9.17) is 9.47 Å². The zero-order chi connectivity index (χ0) is 37.3. The number of nitro benzene ring substituents is 1. The molecule has 3 fully saturated rings. The van der Waals surface area contributed by atoms with Crippen molar-refractivity contribution in [2.45, 2.75) is 182 Å². The number of nitro groups is 1. The van der Waals surface area contributed by atoms with Gasteiger partial charge in [0.2, 0.25) is 0 Å². The van der Waals surface area contributed by atoms with Crippen LogP contribution in [0.5, 0.6) is 5.75 Å². The molecule has 52 heavy (non-hydrogen) atoms. The monoisotopic (exact) mass is 720 g/mol. The first kappa shape index (κ1) is 40.8. The van der Waals surface area contributed by atoms with Crippen molar-refractivity contribution in [3.05, 3.63) is 45.5 Å². The summed E-state index contributed by atoms with van der Waals surface area (Å²) in [5, 5.41) is 12.0. The van der Waals surface area contributed by atoms with Crippen molar-refractivity contribution in [1.82, 2.24) is 0 Å². The minimum absolute atomic E-state index is 0.165. The predicted octanol–water partition coefficient (Wildman–Crippen LogP) is 13.5. The van der Waals surface area contributed by atoms with Gasteiger partial charge in [-0.2, -0.15) is 0 Å². The zero-order valence-electron chi connectivity index (χ0n) is 33.9. The number of nitrogens with zero attached hydrogens (tertiary/aromatic N) is 1. The molecule has 8 atom stereocenters. The SMILES string of the molecule is CCCCCCCCCCCCOc1ccc(C(=O)O[C@H]2CC[C@@]3(C)C(=CC[C@H]4[C@@H]5CC[C@H]([C@H](C)CCCC(C)C)[C@@]5(C)CC[C@@H]43)C2)cc1[N+](=O)[O-]. The van der Waals surface area contributed by atoms with Gasteiger partial charge in [-0.3, -0.25) is 10.1 Å². The highest BCUT2D eigenvalue weighted by atomic mass is 16.6. The summed E-state index contributed by atoms with van der Waals surface area (Å²) in [7, 11) is 0. The Morgan fingerprint density at radius 3 is 2.29 bits per heavy atom. The summed E-state index contributed by atoms with van der Waals surface area (Å²) in [5.41, 5.74) is 2.20. The number of rotatable bonds is 20. The maximum atomic E-state index is 13.4. The van der Waals surface area contributed by atoms with E-state index in [0.29, 0.717) is 17.9 Å². The molecule has 0 radical (unpaired) electrons. The van der Waals surface area contributed by atoms with Crippen LogP contribution in [0.2, 0.25) is 0 Å². The Morgan fingerprint density at radius 2 is 1.60 bits per heavy atom. The summed E-state index contributed by atoms with van der Waals surface area (Å²) in [4.78, 5) is 24.9. The third kappa shape index (κ3) is 9.64. The van der Waals surface area contributed by atoms with E-state index in [1.54, 1.807) is 12.1 Å². The number of benzene rings is 1. The predicted molar refractivity (Wildman–Crippen MR) is 213 cm³/mol. The molecule has 4 aliphatic rings. The molecule has 0 heterocycles. The van der Waals surface area contributed by atoms with Gasteiger partial charge in [0.1, 0.15) is 6.10 Å². The van der Waals surface area contributed by atoms with Gasteiger partial charge in [-0.1, -0.05) is 130 Å². The number of carbonyl (C=O) groups is 1. The molecule has 0 amide bonds. The maximum absolute atomic E-state index is 13.4. The number of unbranched alkanes of at least 4 members (excludes halogenated alkanes) is 9. The second-order valence-electron chi connectivity index (χ2n) is 18.5. The number of esters is 1. The normalized spacial score (nSPS) is 30.2. The first-order valence-electron chi connectivity index (χ1n) is 21.8. The standard InChI is InChI=1S/C46H73NO5/c1-7-8-9-10-11-12-13-14-15-16-30-51-43-25-20-35(31-42(43)47(49)50)44(48)52-37-26-28-45(5)36(32-37)21-22-38-40-24-23-39(34(4)19-17-18-33(2)3)46(40,6)29-27-41(38)45/h20-21,25,31,33-34,37-41H,7-19,22-24,26-30,32H2,1-6H3/t34-,37+,38+,39-,40+,41+,45+,46-/m1/s1. The van der Waals surface area contributed by atoms with Crippen LogP contribution in [0.1, 0.15) is 187 Å². The fourth-order valence-electron chi connectivity index (χ4n) is 11.7. The topological polar surface area (TPSA) is 78.7 Å². The van der Waals surface area contributed by atoms with Crippen LogP contribution >= 0.6 is 0 Å². The van der Waals surface area contributed by atoms with Gasteiger partial charge < -0.3 is 9.47 Å². The van der Waals surface area contributed by atoms with Gasteiger partial charge in [0.15, 0.2) is 5.75 Å². The van der Waals surface area contributed by atoms with E-state index >= 15 is 0 Å². The lowest BCUT2D eigenvalue weighted by molar-refractivity contribution is -0.385. The van der Waals surface area contributed by atoms with Crippen molar-refractivity contribution in [1.29, 1.82) is 0 Å². The summed E-state index contributed by atoms with van der Waals surface area (Å²) >= 11 is 0. The molecule has 292 valence electrons. The largest absolute Gasteiger partial charge is 0.487 e.